The summed E-state index contributed by atoms with van der Waals surface area (Å²) in [7, 11) is 0. The number of carbonyl (C=O) groups excluding carboxylic acids is 4. The van der Waals surface area contributed by atoms with Gasteiger partial charge in [-0.15, -0.1) is 32.9 Å². The molecule has 0 aliphatic carbocycles. The van der Waals surface area contributed by atoms with Crippen LogP contribution in [-0.4, -0.2) is 99.9 Å². The van der Waals surface area contributed by atoms with Crippen LogP contribution < -0.4 is 16.0 Å². The highest BCUT2D eigenvalue weighted by molar-refractivity contribution is 7.15. The maximum atomic E-state index is 14.3. The zero-order valence-corrected chi connectivity index (χ0v) is 45.9. The van der Waals surface area contributed by atoms with Gasteiger partial charge in [-0.2, -0.15) is 0 Å². The van der Waals surface area contributed by atoms with Gasteiger partial charge in [0.2, 0.25) is 23.6 Å². The Morgan fingerprint density at radius 2 is 1.56 bits per heavy atom. The number of aliphatic hydroxyl groups excluding tert-OH is 1. The number of thiazole rings is 1. The smallest absolute Gasteiger partial charge is 0.246 e. The molecule has 0 spiro atoms. The van der Waals surface area contributed by atoms with Crippen molar-refractivity contribution in [3.8, 4) is 26.7 Å². The summed E-state index contributed by atoms with van der Waals surface area (Å²) in [5.41, 5.74) is 10.1. The second kappa shape index (κ2) is 21.8. The number of β-amino-alcohol motifs (C(OH)–C–C–N with tert-alkyl or cyclic N) is 1. The highest BCUT2D eigenvalue weighted by Gasteiger charge is 2.45. The number of imidazole rings is 1. The van der Waals surface area contributed by atoms with Crippen molar-refractivity contribution in [1.29, 1.82) is 0 Å². The van der Waals surface area contributed by atoms with E-state index in [4.69, 9.17) is 16.6 Å². The summed E-state index contributed by atoms with van der Waals surface area (Å²) in [4.78, 5) is 73.4. The van der Waals surface area contributed by atoms with Crippen molar-refractivity contribution in [2.75, 3.05) is 13.1 Å². The number of amides is 4. The number of thiophene rings is 1. The van der Waals surface area contributed by atoms with E-state index in [9.17, 15) is 24.3 Å². The Balaban J connectivity index is 0.797. The molecule has 0 bridgehead atoms. The molecule has 2 aliphatic rings. The van der Waals surface area contributed by atoms with E-state index in [0.717, 1.165) is 71.7 Å². The predicted octanol–water partition coefficient (Wildman–Crippen LogP) is 8.78. The van der Waals surface area contributed by atoms with Gasteiger partial charge in [-0.3, -0.25) is 28.7 Å². The van der Waals surface area contributed by atoms with Crippen LogP contribution in [0.15, 0.2) is 95.8 Å². The second-order valence-electron chi connectivity index (χ2n) is 20.7. The summed E-state index contributed by atoms with van der Waals surface area (Å²) in [6.07, 6.45) is 2.93. The minimum atomic E-state index is -0.964. The molecule has 0 radical (unpaired) electrons. The lowest BCUT2D eigenvalue weighted by atomic mass is 9.85. The summed E-state index contributed by atoms with van der Waals surface area (Å²) < 4.78 is 3.98. The molecule has 9 rings (SSSR count). The third kappa shape index (κ3) is 11.4. The lowest BCUT2D eigenvalue weighted by Crippen LogP contribution is -2.58. The van der Waals surface area contributed by atoms with Crippen molar-refractivity contribution < 1.29 is 24.3 Å². The molecule has 2 aliphatic heterocycles. The summed E-state index contributed by atoms with van der Waals surface area (Å²) in [6.45, 7) is 17.9. The molecule has 0 unspecified atom stereocenters. The largest absolute Gasteiger partial charge is 0.391 e. The van der Waals surface area contributed by atoms with E-state index in [1.165, 1.54) is 9.78 Å². The number of likely N-dealkylation sites (tertiary alicyclic amines) is 1. The van der Waals surface area contributed by atoms with Crippen LogP contribution in [0.3, 0.4) is 0 Å². The highest BCUT2D eigenvalue weighted by Crippen LogP contribution is 2.40. The van der Waals surface area contributed by atoms with E-state index in [1.54, 1.807) is 29.0 Å². The molecule has 7 aromatic rings. The van der Waals surface area contributed by atoms with Gasteiger partial charge < -0.3 is 30.5 Å². The first-order valence-corrected chi connectivity index (χ1v) is 27.2. The van der Waals surface area contributed by atoms with Gasteiger partial charge in [0.05, 0.1) is 58.8 Å². The van der Waals surface area contributed by atoms with Crippen LogP contribution in [0.25, 0.3) is 26.7 Å². The zero-order chi connectivity index (χ0) is 53.5. The molecular weight excluding hydrogens is 1010 g/mol. The van der Waals surface area contributed by atoms with E-state index in [2.05, 4.69) is 50.0 Å². The number of hydrogen-bond acceptors (Lipinski definition) is 12. The molecule has 3 aromatic carbocycles. The maximum absolute atomic E-state index is 14.3. The highest BCUT2D eigenvalue weighted by atomic mass is 35.5. The fourth-order valence-corrected chi connectivity index (χ4v) is 11.8. The Labute approximate surface area is 449 Å². The van der Waals surface area contributed by atoms with Gasteiger partial charge >= 0.3 is 0 Å². The molecule has 4 aromatic heterocycles. The first-order valence-electron chi connectivity index (χ1n) is 25.1. The van der Waals surface area contributed by atoms with E-state index in [1.807, 2.05) is 142 Å². The number of halogens is 1. The number of benzene rings is 3. The minimum Gasteiger partial charge on any atom is -0.391 e. The number of aryl methyl sites for hydroxylation is 3. The van der Waals surface area contributed by atoms with Crippen molar-refractivity contribution in [3.63, 3.8) is 0 Å². The lowest BCUT2D eigenvalue weighted by Gasteiger charge is -2.35. The number of hydrogen-bond donors (Lipinski definition) is 4. The average Bonchev–Trinajstić information content (AvgIpc) is 4.24. The summed E-state index contributed by atoms with van der Waals surface area (Å²) in [6, 6.07) is 20.1. The van der Waals surface area contributed by atoms with Gasteiger partial charge in [0.15, 0.2) is 5.82 Å². The first-order chi connectivity index (χ1) is 35.7. The van der Waals surface area contributed by atoms with Crippen LogP contribution in [0, 0.1) is 33.1 Å². The lowest BCUT2D eigenvalue weighted by molar-refractivity contribution is -0.144. The number of nitrogens with one attached hydrogen (secondary N) is 3. The number of rotatable bonds is 15. The van der Waals surface area contributed by atoms with Crippen LogP contribution in [0.5, 0.6) is 0 Å². The monoisotopic (exact) mass is 1070 g/mol. The molecule has 1 saturated heterocycles. The molecule has 6 heterocycles. The SMILES string of the molecule is Cc1ncsc1-c1ccc([C@H](C)NC(=O)[C@@H]2C[C@@H](O)CN2C(=O)[C@@H](NC(=O)Cc2ccc(-c3cn([C@@H](C)CNC(=O)C[C@@H]4N=C(c5ccc(Cl)cc5)c5c(sc(C)c5C)-n5c(C)nnc54)cn3)cc2)C(C)(C)C)cc1. The molecule has 6 atom stereocenters. The van der Waals surface area contributed by atoms with Gasteiger partial charge in [-0.25, -0.2) is 9.97 Å². The van der Waals surface area contributed by atoms with Crippen molar-refractivity contribution in [2.45, 2.75) is 118 Å². The second-order valence-corrected chi connectivity index (χ2v) is 23.2. The van der Waals surface area contributed by atoms with E-state index >= 15 is 0 Å². The normalized spacial score (nSPS) is 17.6. The molecule has 16 nitrogen and oxygen atoms in total. The zero-order valence-electron chi connectivity index (χ0n) is 43.5. The fourth-order valence-electron chi connectivity index (χ4n) is 9.68. The standard InChI is InChI=1S/C56H62ClN11O5S2/c1-30(25-58-46(70)24-43-52-65-64-35(6)68(52)55-48(31(2)34(5)75-55)49(62-43)39-18-20-41(57)21-19-39)66-27-44(59-28-66)38-12-10-36(11-13-38)22-47(71)63-51(56(7,8)9)54(73)67-26-42(69)23-45(67)53(72)61-32(3)37-14-16-40(17-15-37)50-33(4)60-29-74-50/h10-21,27-30,32,42-43,45,51,69H,22-26H2,1-9H3,(H,58,70)(H,61,72)(H,63,71)/t30-,32-,42+,43-,45-,51+/m0/s1. The average molecular weight is 1070 g/mol. The minimum absolute atomic E-state index is 0.0114. The van der Waals surface area contributed by atoms with Crippen molar-refractivity contribution in [3.05, 3.63) is 146 Å². The number of carbonyl (C=O) groups is 4. The Morgan fingerprint density at radius 1 is 0.867 bits per heavy atom. The van der Waals surface area contributed by atoms with Crippen LogP contribution in [0.2, 0.25) is 5.02 Å². The van der Waals surface area contributed by atoms with Crippen LogP contribution in [0.4, 0.5) is 0 Å². The molecule has 0 saturated carbocycles. The molecule has 4 N–H and O–H groups in total. The van der Waals surface area contributed by atoms with E-state index in [-0.39, 0.29) is 55.6 Å². The van der Waals surface area contributed by atoms with Gasteiger partial charge in [0, 0.05) is 58.3 Å². The summed E-state index contributed by atoms with van der Waals surface area (Å²) in [5.74, 6) is 0.00649. The van der Waals surface area contributed by atoms with E-state index in [0.29, 0.717) is 17.4 Å². The quantitative estimate of drug-likeness (QED) is 0.0775. The Kier molecular flexibility index (Phi) is 15.4. The summed E-state index contributed by atoms with van der Waals surface area (Å²) in [5, 5.41) is 30.4. The summed E-state index contributed by atoms with van der Waals surface area (Å²) >= 11 is 9.52. The third-order valence-electron chi connectivity index (χ3n) is 14.1. The van der Waals surface area contributed by atoms with Gasteiger partial charge in [0.1, 0.15) is 29.0 Å². The molecule has 1 fully saturated rings. The van der Waals surface area contributed by atoms with Crippen LogP contribution in [0.1, 0.15) is 116 Å². The number of nitrogens with zero attached hydrogens (tertiary/aromatic N) is 8. The molecule has 4 amide bonds. The topological polar surface area (TPSA) is 202 Å². The van der Waals surface area contributed by atoms with Crippen LogP contribution >= 0.6 is 34.3 Å². The Hall–Kier alpha value is -6.86. The van der Waals surface area contributed by atoms with E-state index < -0.39 is 35.6 Å². The predicted molar refractivity (Wildman–Crippen MR) is 293 cm³/mol. The first kappa shape index (κ1) is 53.0. The number of aliphatic hydroxyl groups is 1. The van der Waals surface area contributed by atoms with Crippen LogP contribution in [-0.2, 0) is 25.6 Å². The Bertz CT molecular complexity index is 3280. The third-order valence-corrected chi connectivity index (χ3v) is 16.5. The van der Waals surface area contributed by atoms with Crippen molar-refractivity contribution in [1.82, 2.24) is 50.1 Å². The molecule has 390 valence electrons. The van der Waals surface area contributed by atoms with Gasteiger partial charge in [-0.05, 0) is 81.3 Å². The molecular formula is C56H62ClN11O5S2. The molecule has 19 heteroatoms. The maximum Gasteiger partial charge on any atom is 0.246 e. The number of aliphatic imine (C=N–C) groups is 1. The Morgan fingerprint density at radius 3 is 2.24 bits per heavy atom. The fraction of sp³-hybridized carbons (Fsp3) is 0.375. The molecule has 75 heavy (non-hydrogen) atoms. The van der Waals surface area contributed by atoms with Gasteiger partial charge in [-0.1, -0.05) is 93.0 Å². The van der Waals surface area contributed by atoms with Gasteiger partial charge in [0.25, 0.3) is 0 Å². The van der Waals surface area contributed by atoms with Crippen molar-refractivity contribution >= 4 is 63.6 Å². The number of aromatic nitrogens is 6. The van der Waals surface area contributed by atoms with Crippen molar-refractivity contribution in [2.24, 2.45) is 10.4 Å². The number of fused-ring (bicyclic) bond motifs is 3.